The molecule has 0 amide bonds. The Balaban J connectivity index is 1.96. The van der Waals surface area contributed by atoms with Crippen LogP contribution in [0.4, 0.5) is 0 Å². The lowest BCUT2D eigenvalue weighted by molar-refractivity contribution is 0.165. The van der Waals surface area contributed by atoms with Crippen LogP contribution in [0, 0.1) is 5.92 Å². The zero-order chi connectivity index (χ0) is 12.1. The fourth-order valence-corrected chi connectivity index (χ4v) is 1.61. The first-order valence-electron chi connectivity index (χ1n) is 5.45. The molecule has 1 saturated heterocycles. The molecule has 92 valence electrons. The van der Waals surface area contributed by atoms with E-state index >= 15 is 0 Å². The van der Waals surface area contributed by atoms with Crippen molar-refractivity contribution in [3.8, 4) is 5.88 Å². The maximum Gasteiger partial charge on any atom is 0.213 e. The number of ether oxygens (including phenoxy) is 2. The number of oxime groups is 1. The van der Waals surface area contributed by atoms with E-state index in [1.54, 1.807) is 18.2 Å². The van der Waals surface area contributed by atoms with Gasteiger partial charge in [0.2, 0.25) is 5.88 Å². The van der Waals surface area contributed by atoms with Crippen LogP contribution in [-0.4, -0.2) is 35.8 Å². The summed E-state index contributed by atoms with van der Waals surface area (Å²) in [4.78, 5) is 4.13. The molecule has 1 aromatic rings. The van der Waals surface area contributed by atoms with Gasteiger partial charge < -0.3 is 20.4 Å². The van der Waals surface area contributed by atoms with Crippen molar-refractivity contribution < 1.29 is 14.7 Å². The van der Waals surface area contributed by atoms with E-state index in [0.717, 1.165) is 19.6 Å². The second kappa shape index (κ2) is 5.49. The van der Waals surface area contributed by atoms with Crippen molar-refractivity contribution in [1.82, 2.24) is 4.98 Å². The molecular weight excluding hydrogens is 222 g/mol. The van der Waals surface area contributed by atoms with Gasteiger partial charge >= 0.3 is 0 Å². The van der Waals surface area contributed by atoms with Crippen molar-refractivity contribution in [2.45, 2.75) is 6.42 Å². The standard InChI is InChI=1S/C11H15N3O3/c12-11(14-15)9-2-1-3-10(13-9)17-7-8-4-5-16-6-8/h1-3,8,15H,4-7H2,(H2,12,14). The highest BCUT2D eigenvalue weighted by Gasteiger charge is 2.16. The van der Waals surface area contributed by atoms with Gasteiger partial charge in [0.05, 0.1) is 13.2 Å². The third-order valence-corrected chi connectivity index (χ3v) is 2.58. The number of rotatable bonds is 4. The normalized spacial score (nSPS) is 20.5. The number of pyridine rings is 1. The lowest BCUT2D eigenvalue weighted by atomic mass is 10.1. The first-order chi connectivity index (χ1) is 8.29. The van der Waals surface area contributed by atoms with Gasteiger partial charge in [-0.25, -0.2) is 4.98 Å². The average Bonchev–Trinajstić information content (AvgIpc) is 2.89. The molecule has 1 fully saturated rings. The van der Waals surface area contributed by atoms with Crippen LogP contribution < -0.4 is 10.5 Å². The van der Waals surface area contributed by atoms with Crippen molar-refractivity contribution in [3.63, 3.8) is 0 Å². The summed E-state index contributed by atoms with van der Waals surface area (Å²) in [5.41, 5.74) is 5.84. The van der Waals surface area contributed by atoms with Crippen LogP contribution in [0.5, 0.6) is 5.88 Å². The quantitative estimate of drug-likeness (QED) is 0.346. The van der Waals surface area contributed by atoms with Crippen LogP contribution in [0.3, 0.4) is 0 Å². The molecule has 2 heterocycles. The molecule has 1 aromatic heterocycles. The smallest absolute Gasteiger partial charge is 0.213 e. The van der Waals surface area contributed by atoms with E-state index in [1.807, 2.05) is 0 Å². The van der Waals surface area contributed by atoms with Gasteiger partial charge in [-0.2, -0.15) is 0 Å². The largest absolute Gasteiger partial charge is 0.477 e. The number of nitrogens with two attached hydrogens (primary N) is 1. The second-order valence-electron chi connectivity index (χ2n) is 3.89. The molecule has 0 aromatic carbocycles. The van der Waals surface area contributed by atoms with Gasteiger partial charge in [-0.05, 0) is 12.5 Å². The van der Waals surface area contributed by atoms with Gasteiger partial charge in [0.25, 0.3) is 0 Å². The molecule has 6 heteroatoms. The summed E-state index contributed by atoms with van der Waals surface area (Å²) in [6, 6.07) is 5.14. The topological polar surface area (TPSA) is 90.0 Å². The van der Waals surface area contributed by atoms with Crippen LogP contribution >= 0.6 is 0 Å². The predicted molar refractivity (Wildman–Crippen MR) is 61.2 cm³/mol. The Hall–Kier alpha value is -1.82. The van der Waals surface area contributed by atoms with E-state index in [-0.39, 0.29) is 5.84 Å². The molecule has 2 rings (SSSR count). The predicted octanol–water partition coefficient (Wildman–Crippen LogP) is 0.591. The zero-order valence-electron chi connectivity index (χ0n) is 9.37. The number of aromatic nitrogens is 1. The van der Waals surface area contributed by atoms with E-state index in [2.05, 4.69) is 10.1 Å². The Morgan fingerprint density at radius 1 is 1.65 bits per heavy atom. The second-order valence-corrected chi connectivity index (χ2v) is 3.89. The first-order valence-corrected chi connectivity index (χ1v) is 5.45. The molecule has 17 heavy (non-hydrogen) atoms. The minimum absolute atomic E-state index is 0.0281. The van der Waals surface area contributed by atoms with E-state index in [1.165, 1.54) is 0 Å². The number of amidine groups is 1. The van der Waals surface area contributed by atoms with Gasteiger partial charge in [-0.3, -0.25) is 0 Å². The van der Waals surface area contributed by atoms with Crippen LogP contribution in [-0.2, 0) is 4.74 Å². The minimum atomic E-state index is -0.0281. The highest BCUT2D eigenvalue weighted by atomic mass is 16.5. The Bertz CT molecular complexity index is 403. The molecule has 0 radical (unpaired) electrons. The summed E-state index contributed by atoms with van der Waals surface area (Å²) >= 11 is 0. The minimum Gasteiger partial charge on any atom is -0.477 e. The Labute approximate surface area is 99.0 Å². The number of hydrogen-bond acceptors (Lipinski definition) is 5. The maximum absolute atomic E-state index is 8.55. The van der Waals surface area contributed by atoms with E-state index in [4.69, 9.17) is 20.4 Å². The molecule has 3 N–H and O–H groups in total. The zero-order valence-corrected chi connectivity index (χ0v) is 9.37. The lowest BCUT2D eigenvalue weighted by Gasteiger charge is -2.09. The van der Waals surface area contributed by atoms with Crippen molar-refractivity contribution in [3.05, 3.63) is 23.9 Å². The Morgan fingerprint density at radius 3 is 3.24 bits per heavy atom. The number of hydrogen-bond donors (Lipinski definition) is 2. The average molecular weight is 237 g/mol. The van der Waals surface area contributed by atoms with Gasteiger partial charge in [-0.15, -0.1) is 0 Å². The van der Waals surface area contributed by atoms with Gasteiger partial charge in [0, 0.05) is 18.6 Å². The lowest BCUT2D eigenvalue weighted by Crippen LogP contribution is -2.16. The molecule has 1 aliphatic heterocycles. The van der Waals surface area contributed by atoms with Crippen molar-refractivity contribution in [1.29, 1.82) is 0 Å². The monoisotopic (exact) mass is 237 g/mol. The molecule has 0 bridgehead atoms. The highest BCUT2D eigenvalue weighted by molar-refractivity contribution is 5.95. The Morgan fingerprint density at radius 2 is 2.53 bits per heavy atom. The Kier molecular flexibility index (Phi) is 3.77. The van der Waals surface area contributed by atoms with E-state index in [0.29, 0.717) is 24.1 Å². The van der Waals surface area contributed by atoms with Gasteiger partial charge in [0.1, 0.15) is 5.69 Å². The summed E-state index contributed by atoms with van der Waals surface area (Å²) in [6.07, 6.45) is 1.01. The molecule has 1 unspecified atom stereocenters. The van der Waals surface area contributed by atoms with Gasteiger partial charge in [-0.1, -0.05) is 11.2 Å². The third-order valence-electron chi connectivity index (χ3n) is 2.58. The third kappa shape index (κ3) is 3.07. The van der Waals surface area contributed by atoms with Crippen molar-refractivity contribution in [2.24, 2.45) is 16.8 Å². The number of nitrogens with zero attached hydrogens (tertiary/aromatic N) is 2. The molecule has 1 atom stereocenters. The summed E-state index contributed by atoms with van der Waals surface area (Å²) in [7, 11) is 0. The summed E-state index contributed by atoms with van der Waals surface area (Å²) in [6.45, 7) is 2.11. The summed E-state index contributed by atoms with van der Waals surface area (Å²) in [5.74, 6) is 0.866. The highest BCUT2D eigenvalue weighted by Crippen LogP contribution is 2.15. The van der Waals surface area contributed by atoms with Crippen LogP contribution in [0.2, 0.25) is 0 Å². The van der Waals surface area contributed by atoms with Gasteiger partial charge in [0.15, 0.2) is 5.84 Å². The first kappa shape index (κ1) is 11.7. The van der Waals surface area contributed by atoms with Crippen molar-refractivity contribution >= 4 is 5.84 Å². The molecule has 0 spiro atoms. The van der Waals surface area contributed by atoms with E-state index in [9.17, 15) is 0 Å². The molecular formula is C11H15N3O3. The molecule has 6 nitrogen and oxygen atoms in total. The fourth-order valence-electron chi connectivity index (χ4n) is 1.61. The SMILES string of the molecule is NC(=NO)c1cccc(OCC2CCOC2)n1. The molecule has 0 aliphatic carbocycles. The maximum atomic E-state index is 8.55. The summed E-state index contributed by atoms with van der Waals surface area (Å²) in [5, 5.41) is 11.4. The fraction of sp³-hybridized carbons (Fsp3) is 0.455. The van der Waals surface area contributed by atoms with Crippen molar-refractivity contribution in [2.75, 3.05) is 19.8 Å². The molecule has 1 aliphatic rings. The van der Waals surface area contributed by atoms with E-state index < -0.39 is 0 Å². The van der Waals surface area contributed by atoms with Crippen LogP contribution in [0.15, 0.2) is 23.4 Å². The van der Waals surface area contributed by atoms with Crippen LogP contribution in [0.1, 0.15) is 12.1 Å². The molecule has 0 saturated carbocycles. The van der Waals surface area contributed by atoms with Crippen LogP contribution in [0.25, 0.3) is 0 Å². The summed E-state index contributed by atoms with van der Waals surface area (Å²) < 4.78 is 10.8.